The molecule has 0 aromatic carbocycles. The van der Waals surface area contributed by atoms with E-state index < -0.39 is 0 Å². The highest BCUT2D eigenvalue weighted by Crippen LogP contribution is 2.38. The van der Waals surface area contributed by atoms with E-state index >= 15 is 0 Å². The summed E-state index contributed by atoms with van der Waals surface area (Å²) in [5.74, 6) is 1.73. The van der Waals surface area contributed by atoms with Gasteiger partial charge in [-0.1, -0.05) is 25.5 Å². The predicted molar refractivity (Wildman–Crippen MR) is 69.5 cm³/mol. The van der Waals surface area contributed by atoms with Crippen molar-refractivity contribution in [1.29, 1.82) is 0 Å². The highest BCUT2D eigenvalue weighted by Gasteiger charge is 2.31. The Morgan fingerprint density at radius 3 is 2.71 bits per heavy atom. The molecule has 3 heteroatoms. The van der Waals surface area contributed by atoms with Crippen molar-refractivity contribution in [3.63, 3.8) is 0 Å². The molecule has 0 saturated carbocycles. The van der Waals surface area contributed by atoms with Gasteiger partial charge in [0.15, 0.2) is 0 Å². The molecule has 0 aromatic rings. The molecule has 1 aliphatic carbocycles. The highest BCUT2D eigenvalue weighted by molar-refractivity contribution is 5.76. The van der Waals surface area contributed by atoms with Crippen LogP contribution in [0.15, 0.2) is 11.6 Å². The standard InChI is InChI=1S/C14H25NO2/c1-9(2)13-6-11(7-14(17)15-4)10(3)5-12(13)8-16/h5,9,11-13,16H,6-8H2,1-4H3,(H,15,17)/t11-,12-,13-/m0/s1. The molecule has 3 nitrogen and oxygen atoms in total. The molecule has 0 fully saturated rings. The lowest BCUT2D eigenvalue weighted by Crippen LogP contribution is -2.32. The normalized spacial score (nSPS) is 29.1. The van der Waals surface area contributed by atoms with E-state index in [1.54, 1.807) is 7.05 Å². The van der Waals surface area contributed by atoms with Crippen molar-refractivity contribution in [3.05, 3.63) is 11.6 Å². The lowest BCUT2D eigenvalue weighted by atomic mass is 9.70. The molecule has 1 amide bonds. The lowest BCUT2D eigenvalue weighted by Gasteiger charge is -2.36. The Morgan fingerprint density at radius 2 is 2.24 bits per heavy atom. The van der Waals surface area contributed by atoms with Gasteiger partial charge in [-0.2, -0.15) is 0 Å². The van der Waals surface area contributed by atoms with Crippen LogP contribution in [0.25, 0.3) is 0 Å². The van der Waals surface area contributed by atoms with E-state index in [1.165, 1.54) is 5.57 Å². The van der Waals surface area contributed by atoms with E-state index in [-0.39, 0.29) is 18.4 Å². The van der Waals surface area contributed by atoms with Crippen LogP contribution < -0.4 is 5.32 Å². The molecule has 0 spiro atoms. The van der Waals surface area contributed by atoms with E-state index in [0.717, 1.165) is 6.42 Å². The fourth-order valence-electron chi connectivity index (χ4n) is 2.81. The minimum Gasteiger partial charge on any atom is -0.396 e. The first-order valence-electron chi connectivity index (χ1n) is 6.49. The summed E-state index contributed by atoms with van der Waals surface area (Å²) in [6.45, 7) is 6.68. The summed E-state index contributed by atoms with van der Waals surface area (Å²) in [6, 6.07) is 0. The largest absolute Gasteiger partial charge is 0.396 e. The Morgan fingerprint density at radius 1 is 1.59 bits per heavy atom. The van der Waals surface area contributed by atoms with Crippen molar-refractivity contribution >= 4 is 5.91 Å². The van der Waals surface area contributed by atoms with Crippen molar-refractivity contribution in [2.24, 2.45) is 23.7 Å². The fourth-order valence-corrected chi connectivity index (χ4v) is 2.81. The zero-order chi connectivity index (χ0) is 13.0. The minimum absolute atomic E-state index is 0.104. The molecule has 0 aliphatic heterocycles. The van der Waals surface area contributed by atoms with Gasteiger partial charge in [0.1, 0.15) is 0 Å². The Balaban J connectivity index is 2.78. The first-order valence-corrected chi connectivity index (χ1v) is 6.49. The van der Waals surface area contributed by atoms with Crippen LogP contribution in [0.4, 0.5) is 0 Å². The summed E-state index contributed by atoms with van der Waals surface area (Å²) in [6.07, 6.45) is 3.75. The van der Waals surface area contributed by atoms with Crippen LogP contribution in [-0.2, 0) is 4.79 Å². The van der Waals surface area contributed by atoms with E-state index in [1.807, 2.05) is 0 Å². The van der Waals surface area contributed by atoms with Crippen LogP contribution in [-0.4, -0.2) is 24.7 Å². The fraction of sp³-hybridized carbons (Fsp3) is 0.786. The van der Waals surface area contributed by atoms with Gasteiger partial charge < -0.3 is 10.4 Å². The van der Waals surface area contributed by atoms with Crippen molar-refractivity contribution in [2.75, 3.05) is 13.7 Å². The molecule has 0 radical (unpaired) electrons. The molecule has 2 N–H and O–H groups in total. The average Bonchev–Trinajstić information content (AvgIpc) is 2.30. The van der Waals surface area contributed by atoms with E-state index in [9.17, 15) is 9.90 Å². The topological polar surface area (TPSA) is 49.3 Å². The molecule has 98 valence electrons. The molecule has 0 aromatic heterocycles. The van der Waals surface area contributed by atoms with E-state index in [2.05, 4.69) is 32.2 Å². The Hall–Kier alpha value is -0.830. The van der Waals surface area contributed by atoms with Gasteiger partial charge in [0.2, 0.25) is 5.91 Å². The van der Waals surface area contributed by atoms with Gasteiger partial charge in [0, 0.05) is 26.0 Å². The molecular formula is C14H25NO2. The summed E-state index contributed by atoms with van der Waals surface area (Å²) in [5.41, 5.74) is 1.25. The second-order valence-electron chi connectivity index (χ2n) is 5.47. The average molecular weight is 239 g/mol. The smallest absolute Gasteiger partial charge is 0.220 e. The quantitative estimate of drug-likeness (QED) is 0.737. The van der Waals surface area contributed by atoms with Crippen LogP contribution in [0, 0.1) is 23.7 Å². The second kappa shape index (κ2) is 6.20. The minimum atomic E-state index is 0.104. The number of carbonyl (C=O) groups is 1. The van der Waals surface area contributed by atoms with Gasteiger partial charge in [0.25, 0.3) is 0 Å². The van der Waals surface area contributed by atoms with Gasteiger partial charge in [0.05, 0.1) is 0 Å². The first-order chi connectivity index (χ1) is 7.99. The van der Waals surface area contributed by atoms with E-state index in [0.29, 0.717) is 24.2 Å². The molecule has 0 heterocycles. The summed E-state index contributed by atoms with van der Waals surface area (Å²) >= 11 is 0. The van der Waals surface area contributed by atoms with Crippen LogP contribution in [0.1, 0.15) is 33.6 Å². The van der Waals surface area contributed by atoms with Crippen molar-refractivity contribution in [1.82, 2.24) is 5.32 Å². The van der Waals surface area contributed by atoms with Crippen molar-refractivity contribution in [3.8, 4) is 0 Å². The maximum absolute atomic E-state index is 11.5. The molecule has 0 unspecified atom stereocenters. The Labute approximate surface area is 104 Å². The number of hydrogen-bond acceptors (Lipinski definition) is 2. The predicted octanol–water partition coefficient (Wildman–Crippen LogP) is 1.97. The summed E-state index contributed by atoms with van der Waals surface area (Å²) in [5, 5.41) is 12.1. The molecule has 1 rings (SSSR count). The summed E-state index contributed by atoms with van der Waals surface area (Å²) < 4.78 is 0. The van der Waals surface area contributed by atoms with Crippen LogP contribution in [0.5, 0.6) is 0 Å². The zero-order valence-electron chi connectivity index (χ0n) is 11.4. The summed E-state index contributed by atoms with van der Waals surface area (Å²) in [7, 11) is 1.68. The molecule has 1 aliphatic rings. The second-order valence-corrected chi connectivity index (χ2v) is 5.47. The molecule has 0 saturated heterocycles. The number of carbonyl (C=O) groups excluding carboxylic acids is 1. The van der Waals surface area contributed by atoms with Crippen molar-refractivity contribution in [2.45, 2.75) is 33.6 Å². The molecular weight excluding hydrogens is 214 g/mol. The number of allylic oxidation sites excluding steroid dienone is 1. The third-order valence-electron chi connectivity index (χ3n) is 4.01. The number of hydrogen-bond donors (Lipinski definition) is 2. The maximum atomic E-state index is 11.5. The van der Waals surface area contributed by atoms with Gasteiger partial charge in [-0.05, 0) is 31.1 Å². The molecule has 17 heavy (non-hydrogen) atoms. The third-order valence-corrected chi connectivity index (χ3v) is 4.01. The van der Waals surface area contributed by atoms with Gasteiger partial charge in [-0.15, -0.1) is 0 Å². The van der Waals surface area contributed by atoms with Gasteiger partial charge in [-0.3, -0.25) is 4.79 Å². The Kier molecular flexibility index (Phi) is 5.19. The highest BCUT2D eigenvalue weighted by atomic mass is 16.3. The maximum Gasteiger partial charge on any atom is 0.220 e. The lowest BCUT2D eigenvalue weighted by molar-refractivity contribution is -0.121. The van der Waals surface area contributed by atoms with Crippen molar-refractivity contribution < 1.29 is 9.90 Å². The number of nitrogens with one attached hydrogen (secondary N) is 1. The number of aliphatic hydroxyl groups is 1. The third kappa shape index (κ3) is 3.56. The Bertz CT molecular complexity index is 297. The number of amides is 1. The van der Waals surface area contributed by atoms with Gasteiger partial charge in [-0.25, -0.2) is 0 Å². The number of aliphatic hydroxyl groups excluding tert-OH is 1. The monoisotopic (exact) mass is 239 g/mol. The number of rotatable bonds is 4. The first kappa shape index (κ1) is 14.2. The van der Waals surface area contributed by atoms with Crippen LogP contribution in [0.3, 0.4) is 0 Å². The zero-order valence-corrected chi connectivity index (χ0v) is 11.4. The SMILES string of the molecule is CNC(=O)C[C@@H]1C[C@@H](C(C)C)[C@H](CO)C=C1C. The van der Waals surface area contributed by atoms with E-state index in [4.69, 9.17) is 0 Å². The molecule has 0 bridgehead atoms. The van der Waals surface area contributed by atoms with Gasteiger partial charge >= 0.3 is 0 Å². The molecule has 3 atom stereocenters. The van der Waals surface area contributed by atoms with Crippen LogP contribution in [0.2, 0.25) is 0 Å². The van der Waals surface area contributed by atoms with Crippen LogP contribution >= 0.6 is 0 Å². The summed E-state index contributed by atoms with van der Waals surface area (Å²) in [4.78, 5) is 11.5.